The van der Waals surface area contributed by atoms with Gasteiger partial charge in [0.25, 0.3) is 0 Å². The number of imide groups is 1. The van der Waals surface area contributed by atoms with Crippen LogP contribution in [0.5, 0.6) is 0 Å². The van der Waals surface area contributed by atoms with Crippen LogP contribution in [0.2, 0.25) is 0 Å². The van der Waals surface area contributed by atoms with Crippen LogP contribution in [-0.4, -0.2) is 174 Å². The fourth-order valence-electron chi connectivity index (χ4n) is 12.2. The van der Waals surface area contributed by atoms with E-state index in [9.17, 15) is 48.3 Å². The molecule has 19 nitrogen and oxygen atoms in total. The maximum Gasteiger partial charge on any atom is 0.410 e. The predicted molar refractivity (Wildman–Crippen MR) is 335 cm³/mol. The molecule has 480 valence electrons. The molecule has 0 aliphatic carbocycles. The van der Waals surface area contributed by atoms with Gasteiger partial charge in [0.15, 0.2) is 11.6 Å². The Balaban J connectivity index is 1.32. The highest BCUT2D eigenvalue weighted by Crippen LogP contribution is 2.34. The van der Waals surface area contributed by atoms with Gasteiger partial charge >= 0.3 is 6.09 Å². The van der Waals surface area contributed by atoms with E-state index in [4.69, 9.17) is 14.2 Å². The Bertz CT molecular complexity index is 2550. The number of nitrogens with zero attached hydrogens (tertiary/aromatic N) is 4. The van der Waals surface area contributed by atoms with E-state index >= 15 is 0 Å². The number of likely N-dealkylation sites (N-methyl/N-ethyl adjacent to an activating group) is 2. The van der Waals surface area contributed by atoms with Crippen molar-refractivity contribution in [3.05, 3.63) is 65.7 Å². The molecule has 0 radical (unpaired) electrons. The quantitative estimate of drug-likeness (QED) is 0.0423. The molecule has 6 amide bonds. The highest BCUT2D eigenvalue weighted by Gasteiger charge is 2.44. The molecule has 2 aromatic carbocycles. The molecule has 2 aromatic rings. The third-order valence-corrected chi connectivity index (χ3v) is 18.6. The second kappa shape index (κ2) is 35.3. The third kappa shape index (κ3) is 20.2. The number of ketones is 3. The number of Topliss-reactive ketones (excluding diaryl/α,β-unsaturated/α-hetero) is 3. The van der Waals surface area contributed by atoms with Crippen molar-refractivity contribution >= 4 is 70.4 Å². The minimum absolute atomic E-state index is 0.0317. The van der Waals surface area contributed by atoms with Crippen molar-refractivity contribution in [2.24, 2.45) is 41.4 Å². The number of benzene rings is 2. The Morgan fingerprint density at radius 1 is 0.767 bits per heavy atom. The summed E-state index contributed by atoms with van der Waals surface area (Å²) >= 11 is 1.38. The Kier molecular flexibility index (Phi) is 29.9. The van der Waals surface area contributed by atoms with Crippen LogP contribution in [0.3, 0.4) is 0 Å². The van der Waals surface area contributed by atoms with Crippen LogP contribution >= 0.6 is 11.8 Å². The van der Waals surface area contributed by atoms with Crippen LogP contribution in [0, 0.1) is 41.4 Å². The van der Waals surface area contributed by atoms with Crippen LogP contribution in [-0.2, 0) is 59.2 Å². The number of anilines is 1. The lowest BCUT2D eigenvalue weighted by molar-refractivity contribution is -0.149. The Morgan fingerprint density at radius 2 is 1.43 bits per heavy atom. The van der Waals surface area contributed by atoms with E-state index in [-0.39, 0.29) is 133 Å². The van der Waals surface area contributed by atoms with Gasteiger partial charge in [-0.1, -0.05) is 125 Å². The van der Waals surface area contributed by atoms with Crippen molar-refractivity contribution < 1.29 is 62.5 Å². The number of amides is 6. The van der Waals surface area contributed by atoms with E-state index in [1.165, 1.54) is 35.7 Å². The number of rotatable bonds is 37. The summed E-state index contributed by atoms with van der Waals surface area (Å²) in [4.78, 5) is 128. The van der Waals surface area contributed by atoms with E-state index < -0.39 is 54.4 Å². The number of likely N-dealkylation sites (tertiary alicyclic amines) is 2. The number of methoxy groups -OCH3 is 2. The molecule has 86 heavy (non-hydrogen) atoms. The summed E-state index contributed by atoms with van der Waals surface area (Å²) in [6.45, 7) is 19.6. The van der Waals surface area contributed by atoms with Gasteiger partial charge in [0.05, 0.1) is 60.7 Å². The lowest BCUT2D eigenvalue weighted by Crippen LogP contribution is -2.54. The Morgan fingerprint density at radius 3 is 2.00 bits per heavy atom. The van der Waals surface area contributed by atoms with E-state index in [1.54, 1.807) is 48.2 Å². The standard InChI is InChI=1S/C66H102N6O13S/c1-16-43(8)61(54(83-13)36-57(77)71-33-23-26-50(71)63(84-14)45(10)51(73)34-44(9)62(79)47-24-19-17-20-25-47)69(11)64(80)49(40(2)3)35-52(74)60(42(6)7)70(12)66(82)85-39-46-28-30-48(31-29-46)67-38-53(75)59(41(4)5)68-56(76)27-21-18-22-32-72-58(78)37-55(86-15)65(72)81/h17,19-20,24-25,28-31,40-45,49-50,54-55,59-63,67,79H,16,18,21-23,26-27,32-39H2,1-15H3,(H,68,76)/t43-,44-,45-,49-,50-,54?,55?,59-,60-,61-,62+,63?/m0/s1. The zero-order valence-corrected chi connectivity index (χ0v) is 54.8. The van der Waals surface area contributed by atoms with Crippen molar-refractivity contribution in [3.63, 3.8) is 0 Å². The molecule has 3 unspecified atom stereocenters. The molecule has 3 N–H and O–H groups in total. The smallest absolute Gasteiger partial charge is 0.410 e. The molecule has 0 bridgehead atoms. The van der Waals surface area contributed by atoms with Gasteiger partial charge in [-0.05, 0) is 84.8 Å². The van der Waals surface area contributed by atoms with Crippen LogP contribution in [0.4, 0.5) is 10.5 Å². The second-order valence-electron chi connectivity index (χ2n) is 24.9. The van der Waals surface area contributed by atoms with Gasteiger partial charge in [0.1, 0.15) is 12.4 Å². The number of unbranched alkanes of at least 4 members (excludes halogenated alkanes) is 2. The summed E-state index contributed by atoms with van der Waals surface area (Å²) < 4.78 is 17.9. The normalized spacial score (nSPS) is 18.9. The van der Waals surface area contributed by atoms with E-state index in [1.807, 2.05) is 106 Å². The molecule has 20 heteroatoms. The van der Waals surface area contributed by atoms with Gasteiger partial charge in [0, 0.05) is 84.6 Å². The van der Waals surface area contributed by atoms with E-state index in [0.29, 0.717) is 56.4 Å². The van der Waals surface area contributed by atoms with Gasteiger partial charge in [-0.2, -0.15) is 11.8 Å². The monoisotopic (exact) mass is 1220 g/mol. The number of thioether (sulfide) groups is 1. The van der Waals surface area contributed by atoms with Gasteiger partial charge in [-0.25, -0.2) is 4.79 Å². The fourth-order valence-corrected chi connectivity index (χ4v) is 12.9. The fraction of sp³-hybridized carbons (Fsp3) is 0.682. The van der Waals surface area contributed by atoms with Crippen molar-refractivity contribution in [2.75, 3.05) is 59.5 Å². The first-order valence-corrected chi connectivity index (χ1v) is 32.3. The number of aliphatic hydroxyl groups excluding tert-OH is 1. The number of carbonyl (C=O) groups is 9. The summed E-state index contributed by atoms with van der Waals surface area (Å²) in [6, 6.07) is 13.7. The lowest BCUT2D eigenvalue weighted by atomic mass is 9.83. The Labute approximate surface area is 516 Å². The van der Waals surface area contributed by atoms with Crippen LogP contribution in [0.25, 0.3) is 0 Å². The molecule has 2 fully saturated rings. The maximum absolute atomic E-state index is 14.8. The molecular formula is C66H102N6O13S. The average molecular weight is 1220 g/mol. The number of hydrogen-bond donors (Lipinski definition) is 3. The van der Waals surface area contributed by atoms with Gasteiger partial charge < -0.3 is 44.7 Å². The summed E-state index contributed by atoms with van der Waals surface area (Å²) in [7, 11) is 6.32. The summed E-state index contributed by atoms with van der Waals surface area (Å²) in [5.41, 5.74) is 2.05. The van der Waals surface area contributed by atoms with Crippen molar-refractivity contribution in [2.45, 2.75) is 194 Å². The minimum Gasteiger partial charge on any atom is -0.445 e. The number of hydrogen-bond acceptors (Lipinski definition) is 15. The molecule has 0 saturated carbocycles. The number of aliphatic hydroxyl groups is 1. The number of carbonyl (C=O) groups excluding carboxylic acids is 9. The summed E-state index contributed by atoms with van der Waals surface area (Å²) in [5, 5.41) is 16.7. The first kappa shape index (κ1) is 72.8. The van der Waals surface area contributed by atoms with E-state index in [0.717, 1.165) is 12.0 Å². The van der Waals surface area contributed by atoms with Crippen LogP contribution in [0.15, 0.2) is 54.6 Å². The van der Waals surface area contributed by atoms with Crippen molar-refractivity contribution in [1.82, 2.24) is 24.9 Å². The first-order valence-electron chi connectivity index (χ1n) is 31.0. The van der Waals surface area contributed by atoms with E-state index in [2.05, 4.69) is 10.6 Å². The molecule has 0 spiro atoms. The maximum atomic E-state index is 14.8. The largest absolute Gasteiger partial charge is 0.445 e. The molecule has 2 heterocycles. The number of nitrogens with one attached hydrogen (secondary N) is 2. The third-order valence-electron chi connectivity index (χ3n) is 17.7. The zero-order chi connectivity index (χ0) is 64.1. The Hall–Kier alpha value is -5.70. The average Bonchev–Trinajstić information content (AvgIpc) is 2.64. The second-order valence-corrected chi connectivity index (χ2v) is 25.9. The summed E-state index contributed by atoms with van der Waals surface area (Å²) in [5.74, 6) is -4.06. The minimum atomic E-state index is -0.911. The molecule has 2 aliphatic heterocycles. The lowest BCUT2D eigenvalue weighted by Gasteiger charge is -2.41. The highest BCUT2D eigenvalue weighted by molar-refractivity contribution is 8.00. The SMILES string of the molecule is CC[C@H](C)[C@@H](C(CC(=O)N1CCC[C@H]1C(OC)[C@@H](C)C(=O)C[C@H](C)[C@@H](O)c1ccccc1)OC)N(C)C(=O)[C@@H](CC(=O)[C@H](C(C)C)N(C)C(=O)OCc1ccc(NCC(=O)[C@@H](NC(=O)CCCCCN2C(=O)CC(SC)C2=O)C(C)C)cc1)C(C)C. The number of ether oxygens (including phenoxy) is 3. The molecule has 12 atom stereocenters. The molecule has 4 rings (SSSR count). The first-order chi connectivity index (χ1) is 40.7. The molecule has 0 aromatic heterocycles. The van der Waals surface area contributed by atoms with Crippen LogP contribution in [0.1, 0.15) is 157 Å². The van der Waals surface area contributed by atoms with Crippen molar-refractivity contribution in [3.8, 4) is 0 Å². The predicted octanol–water partition coefficient (Wildman–Crippen LogP) is 8.93. The molecular weight excluding hydrogens is 1120 g/mol. The van der Waals surface area contributed by atoms with Gasteiger partial charge in [0.2, 0.25) is 29.5 Å². The molecule has 2 aliphatic rings. The molecule has 2 saturated heterocycles. The van der Waals surface area contributed by atoms with Crippen LogP contribution < -0.4 is 10.6 Å². The summed E-state index contributed by atoms with van der Waals surface area (Å²) in [6.07, 6.45) is 3.27. The van der Waals surface area contributed by atoms with Gasteiger partial charge in [-0.3, -0.25) is 43.3 Å². The van der Waals surface area contributed by atoms with Crippen molar-refractivity contribution in [1.29, 1.82) is 0 Å². The highest BCUT2D eigenvalue weighted by atomic mass is 32.2. The topological polar surface area (TPSA) is 239 Å². The zero-order valence-electron chi connectivity index (χ0n) is 54.0. The van der Waals surface area contributed by atoms with Gasteiger partial charge in [-0.15, -0.1) is 0 Å².